The van der Waals surface area contributed by atoms with Gasteiger partial charge in [0.15, 0.2) is 0 Å². The molecular formula is C14H23N3O2. The van der Waals surface area contributed by atoms with Gasteiger partial charge in [0.2, 0.25) is 0 Å². The van der Waals surface area contributed by atoms with Gasteiger partial charge < -0.3 is 15.2 Å². The van der Waals surface area contributed by atoms with Crippen molar-refractivity contribution in [1.29, 1.82) is 0 Å². The van der Waals surface area contributed by atoms with Crippen LogP contribution in [0.15, 0.2) is 18.2 Å². The average Bonchev–Trinajstić information content (AvgIpc) is 2.47. The normalized spacial score (nSPS) is 17.6. The molecule has 1 aromatic rings. The average molecular weight is 265 g/mol. The van der Waals surface area contributed by atoms with Crippen molar-refractivity contribution in [2.45, 2.75) is 25.5 Å². The highest BCUT2D eigenvalue weighted by molar-refractivity contribution is 5.34. The maximum absolute atomic E-state index is 8.74. The number of piperidine rings is 1. The van der Waals surface area contributed by atoms with Gasteiger partial charge in [0.25, 0.3) is 0 Å². The molecule has 5 heteroatoms. The highest BCUT2D eigenvalue weighted by Gasteiger charge is 2.19. The van der Waals surface area contributed by atoms with Crippen LogP contribution in [-0.4, -0.2) is 54.4 Å². The Morgan fingerprint density at radius 2 is 2.21 bits per heavy atom. The smallest absolute Gasteiger partial charge is 0.126 e. The van der Waals surface area contributed by atoms with E-state index in [1.54, 1.807) is 0 Å². The summed E-state index contributed by atoms with van der Waals surface area (Å²) in [4.78, 5) is 6.94. The number of pyridine rings is 1. The molecule has 0 bridgehead atoms. The summed E-state index contributed by atoms with van der Waals surface area (Å²) in [6.07, 6.45) is 2.37. The van der Waals surface area contributed by atoms with Gasteiger partial charge in [0, 0.05) is 26.7 Å². The van der Waals surface area contributed by atoms with Crippen molar-refractivity contribution in [3.05, 3.63) is 23.9 Å². The largest absolute Gasteiger partial charge is 0.394 e. The lowest BCUT2D eigenvalue weighted by Crippen LogP contribution is -2.37. The molecule has 1 aliphatic rings. The Bertz CT molecular complexity index is 379. The monoisotopic (exact) mass is 265 g/mol. The predicted molar refractivity (Wildman–Crippen MR) is 75.1 cm³/mol. The first-order valence-corrected chi connectivity index (χ1v) is 6.90. The quantitative estimate of drug-likeness (QED) is 0.806. The number of likely N-dealkylation sites (tertiary alicyclic amines) is 1. The second-order valence-corrected chi connectivity index (χ2v) is 4.83. The minimum Gasteiger partial charge on any atom is -0.394 e. The summed E-state index contributed by atoms with van der Waals surface area (Å²) >= 11 is 0. The topological polar surface area (TPSA) is 57.6 Å². The molecule has 0 unspecified atom stereocenters. The minimum atomic E-state index is 0.112. The van der Waals surface area contributed by atoms with Crippen LogP contribution in [0.25, 0.3) is 0 Å². The van der Waals surface area contributed by atoms with E-state index in [-0.39, 0.29) is 6.61 Å². The van der Waals surface area contributed by atoms with Crippen molar-refractivity contribution in [1.82, 2.24) is 9.88 Å². The molecule has 5 nitrogen and oxygen atoms in total. The third kappa shape index (κ3) is 4.45. The predicted octanol–water partition coefficient (Wildman–Crippen LogP) is 1.10. The molecule has 0 amide bonds. The molecule has 2 rings (SSSR count). The van der Waals surface area contributed by atoms with E-state index < -0.39 is 0 Å². The van der Waals surface area contributed by atoms with Crippen molar-refractivity contribution in [3.63, 3.8) is 0 Å². The Hall–Kier alpha value is -1.17. The van der Waals surface area contributed by atoms with E-state index in [1.165, 1.54) is 0 Å². The number of hydrogen-bond donors (Lipinski definition) is 2. The molecule has 1 aromatic heterocycles. The first kappa shape index (κ1) is 14.2. The van der Waals surface area contributed by atoms with Crippen LogP contribution in [-0.2, 0) is 11.3 Å². The number of aromatic nitrogens is 1. The van der Waals surface area contributed by atoms with Crippen molar-refractivity contribution in [3.8, 4) is 0 Å². The van der Waals surface area contributed by atoms with Crippen LogP contribution in [0.4, 0.5) is 5.82 Å². The fourth-order valence-electron chi connectivity index (χ4n) is 2.39. The van der Waals surface area contributed by atoms with E-state index in [0.29, 0.717) is 12.7 Å². The van der Waals surface area contributed by atoms with Gasteiger partial charge >= 0.3 is 0 Å². The Balaban J connectivity index is 1.78. The minimum absolute atomic E-state index is 0.112. The number of anilines is 1. The third-order valence-electron chi connectivity index (χ3n) is 3.43. The maximum atomic E-state index is 8.74. The van der Waals surface area contributed by atoms with E-state index >= 15 is 0 Å². The van der Waals surface area contributed by atoms with E-state index in [1.807, 2.05) is 19.2 Å². The second-order valence-electron chi connectivity index (χ2n) is 4.83. The number of rotatable bonds is 6. The van der Waals surface area contributed by atoms with Gasteiger partial charge in [-0.2, -0.15) is 0 Å². The molecule has 1 aliphatic heterocycles. The number of ether oxygens (including phenoxy) is 1. The Morgan fingerprint density at radius 1 is 1.42 bits per heavy atom. The van der Waals surface area contributed by atoms with E-state index in [0.717, 1.165) is 44.0 Å². The van der Waals surface area contributed by atoms with Gasteiger partial charge in [-0.15, -0.1) is 0 Å². The van der Waals surface area contributed by atoms with Gasteiger partial charge in [-0.3, -0.25) is 4.90 Å². The van der Waals surface area contributed by atoms with Gasteiger partial charge in [0.1, 0.15) is 5.82 Å². The van der Waals surface area contributed by atoms with Crippen LogP contribution in [0, 0.1) is 0 Å². The molecule has 0 aromatic carbocycles. The highest BCUT2D eigenvalue weighted by Crippen LogP contribution is 2.16. The zero-order valence-corrected chi connectivity index (χ0v) is 11.5. The fraction of sp³-hybridized carbons (Fsp3) is 0.643. The molecule has 1 fully saturated rings. The van der Waals surface area contributed by atoms with Gasteiger partial charge in [-0.05, 0) is 25.0 Å². The van der Waals surface area contributed by atoms with E-state index in [4.69, 9.17) is 9.84 Å². The standard InChI is InChI=1S/C14H23N3O2/c1-15-14-4-2-3-12(16-14)11-17-7-5-13(6-8-17)19-10-9-18/h2-4,13,18H,5-11H2,1H3,(H,15,16). The Morgan fingerprint density at radius 3 is 2.89 bits per heavy atom. The van der Waals surface area contributed by atoms with Crippen molar-refractivity contribution >= 4 is 5.82 Å². The highest BCUT2D eigenvalue weighted by atomic mass is 16.5. The fourth-order valence-corrected chi connectivity index (χ4v) is 2.39. The third-order valence-corrected chi connectivity index (χ3v) is 3.43. The number of hydrogen-bond acceptors (Lipinski definition) is 5. The Labute approximate surface area is 114 Å². The molecule has 0 spiro atoms. The summed E-state index contributed by atoms with van der Waals surface area (Å²) < 4.78 is 5.56. The van der Waals surface area contributed by atoms with Crippen LogP contribution in [0.2, 0.25) is 0 Å². The molecule has 2 heterocycles. The molecule has 0 radical (unpaired) electrons. The lowest BCUT2D eigenvalue weighted by molar-refractivity contribution is -0.00918. The van der Waals surface area contributed by atoms with Crippen LogP contribution in [0.1, 0.15) is 18.5 Å². The zero-order chi connectivity index (χ0) is 13.5. The second kappa shape index (κ2) is 7.43. The van der Waals surface area contributed by atoms with Crippen LogP contribution in [0.5, 0.6) is 0 Å². The van der Waals surface area contributed by atoms with Gasteiger partial charge in [-0.1, -0.05) is 6.07 Å². The summed E-state index contributed by atoms with van der Waals surface area (Å²) in [6.45, 7) is 3.52. The maximum Gasteiger partial charge on any atom is 0.126 e. The van der Waals surface area contributed by atoms with Crippen LogP contribution >= 0.6 is 0 Å². The molecule has 2 N–H and O–H groups in total. The summed E-state index contributed by atoms with van der Waals surface area (Å²) in [7, 11) is 1.89. The Kier molecular flexibility index (Phi) is 5.57. The summed E-state index contributed by atoms with van der Waals surface area (Å²) in [5.74, 6) is 0.915. The van der Waals surface area contributed by atoms with Crippen LogP contribution < -0.4 is 5.32 Å². The van der Waals surface area contributed by atoms with Crippen molar-refractivity contribution < 1.29 is 9.84 Å². The number of nitrogens with zero attached hydrogens (tertiary/aromatic N) is 2. The van der Waals surface area contributed by atoms with Crippen molar-refractivity contribution in [2.24, 2.45) is 0 Å². The molecule has 0 aliphatic carbocycles. The summed E-state index contributed by atoms with van der Waals surface area (Å²) in [5, 5.41) is 11.8. The molecule has 1 saturated heterocycles. The summed E-state index contributed by atoms with van der Waals surface area (Å²) in [6, 6.07) is 6.07. The van der Waals surface area contributed by atoms with Crippen LogP contribution in [0.3, 0.4) is 0 Å². The van der Waals surface area contributed by atoms with Gasteiger partial charge in [0.05, 0.1) is 25.0 Å². The molecule has 106 valence electrons. The van der Waals surface area contributed by atoms with Crippen molar-refractivity contribution in [2.75, 3.05) is 38.7 Å². The molecular weight excluding hydrogens is 242 g/mol. The summed E-state index contributed by atoms with van der Waals surface area (Å²) in [5.41, 5.74) is 1.10. The first-order chi connectivity index (χ1) is 9.31. The number of aliphatic hydroxyl groups excluding tert-OH is 1. The lowest BCUT2D eigenvalue weighted by Gasteiger charge is -2.31. The SMILES string of the molecule is CNc1cccc(CN2CCC(OCCO)CC2)n1. The van der Waals surface area contributed by atoms with Gasteiger partial charge in [-0.25, -0.2) is 4.98 Å². The molecule has 0 atom stereocenters. The van der Waals surface area contributed by atoms with E-state index in [2.05, 4.69) is 21.3 Å². The lowest BCUT2D eigenvalue weighted by atomic mass is 10.1. The first-order valence-electron chi connectivity index (χ1n) is 6.90. The molecule has 0 saturated carbocycles. The number of nitrogens with one attached hydrogen (secondary N) is 1. The number of aliphatic hydroxyl groups is 1. The molecule has 19 heavy (non-hydrogen) atoms. The van der Waals surface area contributed by atoms with E-state index in [9.17, 15) is 0 Å². The zero-order valence-electron chi connectivity index (χ0n) is 11.5.